The summed E-state index contributed by atoms with van der Waals surface area (Å²) < 4.78 is 5.62. The Hall–Kier alpha value is -2.04. The Balaban J connectivity index is 0.00000220. The van der Waals surface area contributed by atoms with Gasteiger partial charge in [0, 0.05) is 5.56 Å². The maximum absolute atomic E-state index is 11.1. The van der Waals surface area contributed by atoms with Gasteiger partial charge in [0.1, 0.15) is 12.4 Å². The summed E-state index contributed by atoms with van der Waals surface area (Å²) in [5.74, 6) is -0.228. The first kappa shape index (κ1) is 17.0. The van der Waals surface area contributed by atoms with Crippen LogP contribution in [-0.2, 0) is 13.0 Å². The number of benzene rings is 2. The SMILES string of the molecule is Cl.NCCc1ccc(OCc2ccccc2C(=O)O)cc1. The molecule has 0 aliphatic carbocycles. The van der Waals surface area contributed by atoms with Crippen LogP contribution in [-0.4, -0.2) is 17.6 Å². The Morgan fingerprint density at radius 2 is 1.76 bits per heavy atom. The normalized spacial score (nSPS) is 9.76. The third kappa shape index (κ3) is 4.77. The molecule has 3 N–H and O–H groups in total. The van der Waals surface area contributed by atoms with Gasteiger partial charge < -0.3 is 15.6 Å². The predicted octanol–water partition coefficient (Wildman–Crippen LogP) is 2.89. The fourth-order valence-electron chi connectivity index (χ4n) is 1.93. The molecule has 4 nitrogen and oxygen atoms in total. The molecule has 0 unspecified atom stereocenters. The van der Waals surface area contributed by atoms with Crippen molar-refractivity contribution in [3.63, 3.8) is 0 Å². The van der Waals surface area contributed by atoms with Crippen molar-refractivity contribution in [1.29, 1.82) is 0 Å². The van der Waals surface area contributed by atoms with Crippen LogP contribution < -0.4 is 10.5 Å². The number of rotatable bonds is 6. The van der Waals surface area contributed by atoms with Gasteiger partial charge in [-0.25, -0.2) is 4.79 Å². The summed E-state index contributed by atoms with van der Waals surface area (Å²) in [5.41, 5.74) is 7.58. The van der Waals surface area contributed by atoms with Crippen molar-refractivity contribution in [1.82, 2.24) is 0 Å². The second-order valence-corrected chi connectivity index (χ2v) is 4.43. The first-order chi connectivity index (χ1) is 9.70. The number of carbonyl (C=O) groups is 1. The lowest BCUT2D eigenvalue weighted by molar-refractivity contribution is 0.0694. The second kappa shape index (κ2) is 8.29. The fraction of sp³-hybridized carbons (Fsp3) is 0.188. The van der Waals surface area contributed by atoms with Gasteiger partial charge in [0.25, 0.3) is 0 Å². The lowest BCUT2D eigenvalue weighted by Gasteiger charge is -2.09. The molecule has 0 saturated heterocycles. The van der Waals surface area contributed by atoms with Gasteiger partial charge in [-0.2, -0.15) is 0 Å². The Morgan fingerprint density at radius 1 is 1.10 bits per heavy atom. The lowest BCUT2D eigenvalue weighted by Crippen LogP contribution is -2.05. The summed E-state index contributed by atoms with van der Waals surface area (Å²) >= 11 is 0. The number of halogens is 1. The van der Waals surface area contributed by atoms with Crippen molar-refractivity contribution in [2.45, 2.75) is 13.0 Å². The summed E-state index contributed by atoms with van der Waals surface area (Å²) in [7, 11) is 0. The van der Waals surface area contributed by atoms with Gasteiger partial charge in [0.15, 0.2) is 0 Å². The standard InChI is InChI=1S/C16H17NO3.ClH/c17-10-9-12-5-7-14(8-6-12)20-11-13-3-1-2-4-15(13)16(18)19;/h1-8H,9-11,17H2,(H,18,19);1H. The summed E-state index contributed by atoms with van der Waals surface area (Å²) in [6.07, 6.45) is 0.835. The van der Waals surface area contributed by atoms with E-state index in [1.165, 1.54) is 0 Å². The van der Waals surface area contributed by atoms with Crippen LogP contribution >= 0.6 is 12.4 Å². The minimum atomic E-state index is -0.942. The Kier molecular flexibility index (Phi) is 6.72. The zero-order chi connectivity index (χ0) is 14.4. The minimum Gasteiger partial charge on any atom is -0.489 e. The topological polar surface area (TPSA) is 72.5 Å². The van der Waals surface area contributed by atoms with Crippen LogP contribution in [0.3, 0.4) is 0 Å². The molecule has 0 heterocycles. The molecule has 21 heavy (non-hydrogen) atoms. The van der Waals surface area contributed by atoms with Gasteiger partial charge in [-0.3, -0.25) is 0 Å². The van der Waals surface area contributed by atoms with Crippen molar-refractivity contribution < 1.29 is 14.6 Å². The third-order valence-electron chi connectivity index (χ3n) is 3.00. The van der Waals surface area contributed by atoms with Crippen LogP contribution in [0.4, 0.5) is 0 Å². The molecular formula is C16H18ClNO3. The lowest BCUT2D eigenvalue weighted by atomic mass is 10.1. The van der Waals surface area contributed by atoms with Crippen LogP contribution in [0.1, 0.15) is 21.5 Å². The maximum atomic E-state index is 11.1. The van der Waals surface area contributed by atoms with Gasteiger partial charge >= 0.3 is 5.97 Å². The first-order valence-electron chi connectivity index (χ1n) is 6.43. The molecule has 2 aromatic rings. The van der Waals surface area contributed by atoms with Gasteiger partial charge in [-0.1, -0.05) is 30.3 Å². The highest BCUT2D eigenvalue weighted by molar-refractivity contribution is 5.89. The molecule has 0 amide bonds. The molecule has 0 spiro atoms. The van der Waals surface area contributed by atoms with Crippen molar-refractivity contribution in [3.8, 4) is 5.75 Å². The molecule has 112 valence electrons. The van der Waals surface area contributed by atoms with E-state index in [0.717, 1.165) is 12.0 Å². The van der Waals surface area contributed by atoms with Gasteiger partial charge in [0.2, 0.25) is 0 Å². The second-order valence-electron chi connectivity index (χ2n) is 4.43. The molecular weight excluding hydrogens is 290 g/mol. The van der Waals surface area contributed by atoms with E-state index in [0.29, 0.717) is 17.9 Å². The van der Waals surface area contributed by atoms with E-state index < -0.39 is 5.97 Å². The molecule has 2 aromatic carbocycles. The summed E-state index contributed by atoms with van der Waals surface area (Å²) in [4.78, 5) is 11.1. The molecule has 0 saturated carbocycles. The third-order valence-corrected chi connectivity index (χ3v) is 3.00. The van der Waals surface area contributed by atoms with Crippen LogP contribution in [0.15, 0.2) is 48.5 Å². The van der Waals surface area contributed by atoms with Gasteiger partial charge in [0.05, 0.1) is 5.56 Å². The Labute approximate surface area is 130 Å². The van der Waals surface area contributed by atoms with E-state index in [-0.39, 0.29) is 24.6 Å². The van der Waals surface area contributed by atoms with E-state index in [1.54, 1.807) is 24.3 Å². The number of ether oxygens (including phenoxy) is 1. The molecule has 0 aromatic heterocycles. The molecule has 0 atom stereocenters. The molecule has 0 radical (unpaired) electrons. The molecule has 5 heteroatoms. The van der Waals surface area contributed by atoms with Crippen LogP contribution in [0.2, 0.25) is 0 Å². The van der Waals surface area contributed by atoms with E-state index in [1.807, 2.05) is 24.3 Å². The first-order valence-corrected chi connectivity index (χ1v) is 6.43. The Morgan fingerprint density at radius 3 is 2.38 bits per heavy atom. The average molecular weight is 308 g/mol. The van der Waals surface area contributed by atoms with Crippen LogP contribution in [0.5, 0.6) is 5.75 Å². The summed E-state index contributed by atoms with van der Waals surface area (Å²) in [6.45, 7) is 0.852. The number of carboxylic acid groups (broad SMARTS) is 1. The minimum absolute atomic E-state index is 0. The van der Waals surface area contributed by atoms with E-state index in [4.69, 9.17) is 15.6 Å². The Bertz CT molecular complexity index is 584. The number of nitrogens with two attached hydrogens (primary N) is 1. The monoisotopic (exact) mass is 307 g/mol. The smallest absolute Gasteiger partial charge is 0.336 e. The van der Waals surface area contributed by atoms with Crippen molar-refractivity contribution in [2.75, 3.05) is 6.54 Å². The van der Waals surface area contributed by atoms with Crippen LogP contribution in [0, 0.1) is 0 Å². The average Bonchev–Trinajstić information content (AvgIpc) is 2.47. The number of aromatic carboxylic acids is 1. The van der Waals surface area contributed by atoms with Gasteiger partial charge in [-0.05, 0) is 36.7 Å². The van der Waals surface area contributed by atoms with E-state index in [9.17, 15) is 4.79 Å². The zero-order valence-corrected chi connectivity index (χ0v) is 12.3. The van der Waals surface area contributed by atoms with Crippen molar-refractivity contribution in [3.05, 3.63) is 65.2 Å². The van der Waals surface area contributed by atoms with E-state index >= 15 is 0 Å². The maximum Gasteiger partial charge on any atom is 0.336 e. The quantitative estimate of drug-likeness (QED) is 0.860. The molecule has 0 aliphatic heterocycles. The van der Waals surface area contributed by atoms with Crippen LogP contribution in [0.25, 0.3) is 0 Å². The predicted molar refractivity (Wildman–Crippen MR) is 84.2 cm³/mol. The number of hydrogen-bond donors (Lipinski definition) is 2. The number of carboxylic acids is 1. The number of hydrogen-bond acceptors (Lipinski definition) is 3. The largest absolute Gasteiger partial charge is 0.489 e. The molecule has 0 fully saturated rings. The highest BCUT2D eigenvalue weighted by Crippen LogP contribution is 2.16. The molecule has 0 aliphatic rings. The zero-order valence-electron chi connectivity index (χ0n) is 11.5. The van der Waals surface area contributed by atoms with Gasteiger partial charge in [-0.15, -0.1) is 12.4 Å². The van der Waals surface area contributed by atoms with E-state index in [2.05, 4.69) is 0 Å². The summed E-state index contributed by atoms with van der Waals surface area (Å²) in [5, 5.41) is 9.09. The summed E-state index contributed by atoms with van der Waals surface area (Å²) in [6, 6.07) is 14.5. The highest BCUT2D eigenvalue weighted by Gasteiger charge is 2.09. The van der Waals surface area contributed by atoms with Crippen molar-refractivity contribution >= 4 is 18.4 Å². The molecule has 0 bridgehead atoms. The molecule has 2 rings (SSSR count). The van der Waals surface area contributed by atoms with Crippen molar-refractivity contribution in [2.24, 2.45) is 5.73 Å². The highest BCUT2D eigenvalue weighted by atomic mass is 35.5. The fourth-order valence-corrected chi connectivity index (χ4v) is 1.93.